The molecule has 1 heterocycles. The topological polar surface area (TPSA) is 36.7 Å². The van der Waals surface area contributed by atoms with Gasteiger partial charge in [0.15, 0.2) is 0 Å². The summed E-state index contributed by atoms with van der Waals surface area (Å²) in [5, 5.41) is 7.84. The minimum absolute atomic E-state index is 0.781. The monoisotopic (exact) mass is 264 g/mol. The molecule has 0 spiro atoms. The Morgan fingerprint density at radius 3 is 2.80 bits per heavy atom. The van der Waals surface area contributed by atoms with Gasteiger partial charge in [0.2, 0.25) is 0 Å². The van der Waals surface area contributed by atoms with E-state index >= 15 is 0 Å². The molecule has 2 rings (SSSR count). The number of rotatable bonds is 1. The Morgan fingerprint density at radius 2 is 2.07 bits per heavy atom. The third-order valence-corrected chi connectivity index (χ3v) is 3.01. The SMILES string of the molecule is N=C1CCCC/C1=C\c1cccc(Br)n1. The van der Waals surface area contributed by atoms with Crippen molar-refractivity contribution in [3.8, 4) is 0 Å². The van der Waals surface area contributed by atoms with Gasteiger partial charge in [0.05, 0.1) is 5.69 Å². The van der Waals surface area contributed by atoms with E-state index in [1.54, 1.807) is 0 Å². The Kier molecular flexibility index (Phi) is 3.31. The lowest BCUT2D eigenvalue weighted by molar-refractivity contribution is 0.732. The zero-order valence-corrected chi connectivity index (χ0v) is 10.0. The number of aromatic nitrogens is 1. The van der Waals surface area contributed by atoms with Crippen LogP contribution in [0.1, 0.15) is 31.4 Å². The molecule has 1 fully saturated rings. The third kappa shape index (κ3) is 2.75. The van der Waals surface area contributed by atoms with E-state index in [4.69, 9.17) is 5.41 Å². The highest BCUT2D eigenvalue weighted by molar-refractivity contribution is 9.10. The van der Waals surface area contributed by atoms with Crippen molar-refractivity contribution in [2.75, 3.05) is 0 Å². The molecular weight excluding hydrogens is 252 g/mol. The fourth-order valence-corrected chi connectivity index (χ4v) is 2.13. The summed E-state index contributed by atoms with van der Waals surface area (Å²) in [4.78, 5) is 4.35. The fourth-order valence-electron chi connectivity index (χ4n) is 1.77. The predicted octanol–water partition coefficient (Wildman–Crippen LogP) is 3.82. The smallest absolute Gasteiger partial charge is 0.106 e. The number of nitrogens with one attached hydrogen (secondary N) is 1. The minimum atomic E-state index is 0.781. The second kappa shape index (κ2) is 4.71. The van der Waals surface area contributed by atoms with Crippen molar-refractivity contribution >= 4 is 27.7 Å². The molecule has 1 aromatic heterocycles. The molecule has 15 heavy (non-hydrogen) atoms. The van der Waals surface area contributed by atoms with E-state index in [9.17, 15) is 0 Å². The molecular formula is C12H13BrN2. The van der Waals surface area contributed by atoms with Crippen LogP contribution in [0.25, 0.3) is 6.08 Å². The van der Waals surface area contributed by atoms with Crippen LogP contribution in [-0.2, 0) is 0 Å². The van der Waals surface area contributed by atoms with Crippen LogP contribution in [0.3, 0.4) is 0 Å². The molecule has 0 bridgehead atoms. The highest BCUT2D eigenvalue weighted by Crippen LogP contribution is 2.22. The van der Waals surface area contributed by atoms with E-state index in [-0.39, 0.29) is 0 Å². The van der Waals surface area contributed by atoms with Gasteiger partial charge in [-0.2, -0.15) is 0 Å². The summed E-state index contributed by atoms with van der Waals surface area (Å²) in [6.07, 6.45) is 6.32. The van der Waals surface area contributed by atoms with Crippen LogP contribution in [0, 0.1) is 5.41 Å². The highest BCUT2D eigenvalue weighted by atomic mass is 79.9. The summed E-state index contributed by atoms with van der Waals surface area (Å²) >= 11 is 3.35. The van der Waals surface area contributed by atoms with Crippen molar-refractivity contribution in [1.82, 2.24) is 4.98 Å². The van der Waals surface area contributed by atoms with Gasteiger partial charge in [-0.3, -0.25) is 0 Å². The molecule has 0 saturated heterocycles. The first kappa shape index (κ1) is 10.6. The first-order chi connectivity index (χ1) is 7.25. The average molecular weight is 265 g/mol. The Bertz CT molecular complexity index is 410. The van der Waals surface area contributed by atoms with Crippen molar-refractivity contribution < 1.29 is 0 Å². The number of pyridine rings is 1. The highest BCUT2D eigenvalue weighted by Gasteiger charge is 2.11. The van der Waals surface area contributed by atoms with Crippen LogP contribution in [-0.4, -0.2) is 10.7 Å². The lowest BCUT2D eigenvalue weighted by atomic mass is 9.92. The van der Waals surface area contributed by atoms with Crippen LogP contribution in [0.2, 0.25) is 0 Å². The molecule has 2 nitrogen and oxygen atoms in total. The van der Waals surface area contributed by atoms with Crippen molar-refractivity contribution in [3.05, 3.63) is 34.1 Å². The quantitative estimate of drug-likeness (QED) is 0.770. The Morgan fingerprint density at radius 1 is 1.27 bits per heavy atom. The molecule has 1 saturated carbocycles. The molecule has 0 aromatic carbocycles. The van der Waals surface area contributed by atoms with Gasteiger partial charge in [-0.1, -0.05) is 6.07 Å². The average Bonchev–Trinajstić information content (AvgIpc) is 2.22. The maximum Gasteiger partial charge on any atom is 0.106 e. The van der Waals surface area contributed by atoms with Crippen LogP contribution < -0.4 is 0 Å². The summed E-state index contributed by atoms with van der Waals surface area (Å²) in [7, 11) is 0. The number of halogens is 1. The van der Waals surface area contributed by atoms with Crippen molar-refractivity contribution in [3.63, 3.8) is 0 Å². The minimum Gasteiger partial charge on any atom is -0.305 e. The summed E-state index contributed by atoms with van der Waals surface area (Å²) in [6.45, 7) is 0. The van der Waals surface area contributed by atoms with E-state index in [0.717, 1.165) is 40.8 Å². The summed E-state index contributed by atoms with van der Waals surface area (Å²) in [5.74, 6) is 0. The van der Waals surface area contributed by atoms with E-state index < -0.39 is 0 Å². The van der Waals surface area contributed by atoms with E-state index in [0.29, 0.717) is 0 Å². The normalized spacial score (nSPS) is 19.5. The van der Waals surface area contributed by atoms with Gasteiger partial charge in [0.25, 0.3) is 0 Å². The number of nitrogens with zero attached hydrogens (tertiary/aromatic N) is 1. The van der Waals surface area contributed by atoms with Crippen LogP contribution in [0.15, 0.2) is 28.4 Å². The molecule has 3 heteroatoms. The lowest BCUT2D eigenvalue weighted by Gasteiger charge is -2.14. The first-order valence-electron chi connectivity index (χ1n) is 5.16. The van der Waals surface area contributed by atoms with Crippen LogP contribution in [0.4, 0.5) is 0 Å². The predicted molar refractivity (Wildman–Crippen MR) is 66.1 cm³/mol. The molecule has 0 amide bonds. The Hall–Kier alpha value is -0.960. The zero-order valence-electron chi connectivity index (χ0n) is 8.46. The standard InChI is InChI=1S/C12H13BrN2/c13-12-7-3-5-10(15-12)8-9-4-1-2-6-11(9)14/h3,5,7-8,14H,1-2,4,6H2/b9-8+,14-11?. The van der Waals surface area contributed by atoms with Crippen LogP contribution in [0.5, 0.6) is 0 Å². The number of hydrogen-bond acceptors (Lipinski definition) is 2. The van der Waals surface area contributed by atoms with E-state index in [1.807, 2.05) is 24.3 Å². The van der Waals surface area contributed by atoms with Gasteiger partial charge in [0.1, 0.15) is 4.60 Å². The van der Waals surface area contributed by atoms with Gasteiger partial charge in [-0.15, -0.1) is 0 Å². The van der Waals surface area contributed by atoms with Gasteiger partial charge >= 0.3 is 0 Å². The summed E-state index contributed by atoms with van der Waals surface area (Å²) in [5.41, 5.74) is 2.86. The Labute approximate surface area is 98.1 Å². The van der Waals surface area contributed by atoms with E-state index in [2.05, 4.69) is 20.9 Å². The summed E-state index contributed by atoms with van der Waals surface area (Å²) < 4.78 is 0.846. The fraction of sp³-hybridized carbons (Fsp3) is 0.333. The van der Waals surface area contributed by atoms with Crippen LogP contribution >= 0.6 is 15.9 Å². The van der Waals surface area contributed by atoms with Gasteiger partial charge in [0, 0.05) is 5.71 Å². The molecule has 1 N–H and O–H groups in total. The first-order valence-corrected chi connectivity index (χ1v) is 5.96. The van der Waals surface area contributed by atoms with Gasteiger partial charge in [-0.05, 0) is 65.4 Å². The van der Waals surface area contributed by atoms with Crippen molar-refractivity contribution in [2.45, 2.75) is 25.7 Å². The molecule has 0 aliphatic heterocycles. The van der Waals surface area contributed by atoms with E-state index in [1.165, 1.54) is 6.42 Å². The molecule has 0 radical (unpaired) electrons. The number of allylic oxidation sites excluding steroid dienone is 1. The zero-order chi connectivity index (χ0) is 10.7. The second-order valence-corrected chi connectivity index (χ2v) is 4.55. The van der Waals surface area contributed by atoms with Crippen molar-refractivity contribution in [1.29, 1.82) is 5.41 Å². The molecule has 0 unspecified atom stereocenters. The van der Waals surface area contributed by atoms with Gasteiger partial charge < -0.3 is 5.41 Å². The lowest BCUT2D eigenvalue weighted by Crippen LogP contribution is -2.07. The molecule has 1 aliphatic rings. The third-order valence-electron chi connectivity index (χ3n) is 2.57. The van der Waals surface area contributed by atoms with Gasteiger partial charge in [-0.25, -0.2) is 4.98 Å². The second-order valence-electron chi connectivity index (χ2n) is 3.74. The largest absolute Gasteiger partial charge is 0.305 e. The maximum absolute atomic E-state index is 7.84. The maximum atomic E-state index is 7.84. The van der Waals surface area contributed by atoms with Crippen molar-refractivity contribution in [2.24, 2.45) is 0 Å². The summed E-state index contributed by atoms with van der Waals surface area (Å²) in [6, 6.07) is 5.85. The molecule has 0 atom stereocenters. The Balaban J connectivity index is 2.25. The molecule has 78 valence electrons. The molecule has 1 aromatic rings. The molecule has 1 aliphatic carbocycles. The number of hydrogen-bond donors (Lipinski definition) is 1.